The summed E-state index contributed by atoms with van der Waals surface area (Å²) in [5.74, 6) is -0.327. The van der Waals surface area contributed by atoms with Gasteiger partial charge in [-0.05, 0) is 67.1 Å². The third-order valence-corrected chi connectivity index (χ3v) is 8.75. The summed E-state index contributed by atoms with van der Waals surface area (Å²) in [7, 11) is 0. The number of amides is 2. The number of pyridine rings is 1. The van der Waals surface area contributed by atoms with Gasteiger partial charge < -0.3 is 15.8 Å². The van der Waals surface area contributed by atoms with Gasteiger partial charge in [0.1, 0.15) is 18.5 Å². The number of aliphatic imine (C=N–C) groups is 1. The molecule has 2 aromatic heterocycles. The number of hydrogen-bond donors (Lipinski definition) is 2. The molecule has 238 valence electrons. The number of nitrogens with one attached hydrogen (secondary N) is 1. The number of hydrogen-bond acceptors (Lipinski definition) is 8. The van der Waals surface area contributed by atoms with Crippen LogP contribution in [0.3, 0.4) is 0 Å². The Bertz CT molecular complexity index is 1910. The first kappa shape index (κ1) is 29.9. The number of aromatic nitrogens is 4. The molecular formula is C30H25ClF4N8O3. The molecule has 2 atom stereocenters. The maximum absolute atomic E-state index is 14.4. The fourth-order valence-electron chi connectivity index (χ4n) is 5.56. The van der Waals surface area contributed by atoms with Crippen LogP contribution in [0.15, 0.2) is 59.9 Å². The Kier molecular flexibility index (Phi) is 7.10. The van der Waals surface area contributed by atoms with E-state index in [0.717, 1.165) is 45.3 Å². The van der Waals surface area contributed by atoms with Crippen molar-refractivity contribution >= 4 is 40.5 Å². The smallest absolute Gasteiger partial charge is 0.411 e. The summed E-state index contributed by atoms with van der Waals surface area (Å²) in [5.41, 5.74) is 6.55. The Balaban J connectivity index is 1.19. The fraction of sp³-hybridized carbons (Fsp3) is 0.333. The van der Waals surface area contributed by atoms with E-state index in [0.29, 0.717) is 11.5 Å². The molecule has 1 aliphatic heterocycles. The van der Waals surface area contributed by atoms with E-state index in [2.05, 4.69) is 15.1 Å². The lowest BCUT2D eigenvalue weighted by Crippen LogP contribution is -2.49. The monoisotopic (exact) mass is 656 g/mol. The van der Waals surface area contributed by atoms with Gasteiger partial charge >= 0.3 is 18.3 Å². The summed E-state index contributed by atoms with van der Waals surface area (Å²) < 4.78 is 60.8. The zero-order chi connectivity index (χ0) is 32.4. The summed E-state index contributed by atoms with van der Waals surface area (Å²) in [6.07, 6.45) is -4.34. The summed E-state index contributed by atoms with van der Waals surface area (Å²) >= 11 is 6.32. The predicted octanol–water partition coefficient (Wildman–Crippen LogP) is 5.25. The number of nitrogens with zero attached hydrogens (tertiary/aromatic N) is 6. The van der Waals surface area contributed by atoms with Crippen molar-refractivity contribution in [2.75, 3.05) is 6.61 Å². The van der Waals surface area contributed by atoms with Crippen molar-refractivity contribution in [3.8, 4) is 5.69 Å². The van der Waals surface area contributed by atoms with Crippen LogP contribution in [0.2, 0.25) is 5.02 Å². The van der Waals surface area contributed by atoms with Crippen molar-refractivity contribution in [2.24, 2.45) is 10.7 Å². The molecule has 16 heteroatoms. The molecule has 4 aromatic rings. The van der Waals surface area contributed by atoms with E-state index in [1.54, 1.807) is 18.2 Å². The highest BCUT2D eigenvalue weighted by atomic mass is 35.5. The zero-order valence-corrected chi connectivity index (χ0v) is 24.6. The number of fused-ring (bicyclic) bond motifs is 1. The molecular weight excluding hydrogens is 632 g/mol. The zero-order valence-electron chi connectivity index (χ0n) is 23.8. The van der Waals surface area contributed by atoms with Gasteiger partial charge in [0.05, 0.1) is 22.3 Å². The normalized spacial score (nSPS) is 19.7. The molecule has 3 heterocycles. The first-order chi connectivity index (χ1) is 21.9. The van der Waals surface area contributed by atoms with Gasteiger partial charge in [-0.3, -0.25) is 14.7 Å². The molecule has 11 nitrogen and oxygen atoms in total. The highest BCUT2D eigenvalue weighted by Crippen LogP contribution is 2.49. The Morgan fingerprint density at radius 3 is 2.61 bits per heavy atom. The molecule has 0 unspecified atom stereocenters. The molecule has 0 bridgehead atoms. The fourth-order valence-corrected chi connectivity index (χ4v) is 5.76. The number of carbonyl (C=O) groups is 2. The summed E-state index contributed by atoms with van der Waals surface area (Å²) in [4.78, 5) is 40.2. The van der Waals surface area contributed by atoms with Crippen LogP contribution in [0.4, 0.5) is 22.4 Å². The molecule has 7 rings (SSSR count). The molecule has 2 amide bonds. The van der Waals surface area contributed by atoms with Crippen LogP contribution < -0.4 is 11.1 Å². The predicted molar refractivity (Wildman–Crippen MR) is 156 cm³/mol. The molecule has 2 saturated carbocycles. The van der Waals surface area contributed by atoms with Crippen LogP contribution in [-0.2, 0) is 9.53 Å². The van der Waals surface area contributed by atoms with Crippen LogP contribution in [0.5, 0.6) is 0 Å². The molecule has 3 aliphatic rings. The first-order valence-corrected chi connectivity index (χ1v) is 14.8. The average Bonchev–Trinajstić information content (AvgIpc) is 3.95. The van der Waals surface area contributed by atoms with Gasteiger partial charge in [0.25, 0.3) is 5.91 Å². The van der Waals surface area contributed by atoms with Crippen LogP contribution in [0, 0.1) is 6.08 Å². The Morgan fingerprint density at radius 1 is 1.15 bits per heavy atom. The lowest BCUT2D eigenvalue weighted by atomic mass is 10.0. The lowest BCUT2D eigenvalue weighted by molar-refractivity contribution is -0.164. The Hall–Kier alpha value is -4.79. The number of rotatable bonds is 8. The lowest BCUT2D eigenvalue weighted by Gasteiger charge is -2.29. The van der Waals surface area contributed by atoms with Crippen LogP contribution in [-0.4, -0.2) is 60.9 Å². The van der Waals surface area contributed by atoms with Gasteiger partial charge in [-0.1, -0.05) is 29.8 Å². The molecule has 3 N–H and O–H groups in total. The van der Waals surface area contributed by atoms with Crippen LogP contribution in [0.1, 0.15) is 60.5 Å². The van der Waals surface area contributed by atoms with Crippen molar-refractivity contribution in [3.63, 3.8) is 0 Å². The second kappa shape index (κ2) is 10.9. The summed E-state index contributed by atoms with van der Waals surface area (Å²) in [6.45, 7) is -0.624. The van der Waals surface area contributed by atoms with Gasteiger partial charge in [0, 0.05) is 17.0 Å². The highest BCUT2D eigenvalue weighted by Gasteiger charge is 2.64. The number of carbonyl (C=O) groups excluding carboxylic acids is 2. The van der Waals surface area contributed by atoms with Crippen molar-refractivity contribution in [3.05, 3.63) is 82.8 Å². The van der Waals surface area contributed by atoms with Crippen molar-refractivity contribution in [1.29, 1.82) is 0 Å². The van der Waals surface area contributed by atoms with Gasteiger partial charge in [-0.25, -0.2) is 9.79 Å². The number of alkyl carbamates (subject to hydrolysis) is 1. The van der Waals surface area contributed by atoms with E-state index in [1.165, 1.54) is 18.2 Å². The third kappa shape index (κ3) is 5.37. The molecule has 0 radical (unpaired) electrons. The van der Waals surface area contributed by atoms with E-state index < -0.39 is 48.5 Å². The topological polar surface area (TPSA) is 141 Å². The van der Waals surface area contributed by atoms with Crippen molar-refractivity contribution in [2.45, 2.75) is 55.4 Å². The minimum atomic E-state index is -4.66. The van der Waals surface area contributed by atoms with E-state index in [4.69, 9.17) is 27.1 Å². The van der Waals surface area contributed by atoms with Crippen LogP contribution in [0.25, 0.3) is 16.6 Å². The maximum atomic E-state index is 14.4. The second-order valence-corrected chi connectivity index (χ2v) is 11.9. The second-order valence-electron chi connectivity index (χ2n) is 11.5. The summed E-state index contributed by atoms with van der Waals surface area (Å²) in [6, 6.07) is 11.2. The Labute approximate surface area is 263 Å². The van der Waals surface area contributed by atoms with E-state index in [9.17, 15) is 27.2 Å². The van der Waals surface area contributed by atoms with Crippen molar-refractivity contribution < 1.29 is 31.9 Å². The molecule has 2 aromatic carbocycles. The standard InChI is InChI=1S/C30H25ClF4N8O3/c31-19-6-3-17(12-22(19)43-26(32)37-14-38-43)23(13-46-28(45)41-29(9-10-29)30(33,34)35)42-25(44)24(40-27(42)36)18-5-8-21-16(11-18)4-7-20(39-21)15-1-2-15/h3-8,11-12,14-15,23-24H,1-2,9-10,13H2,(H2,36,40)(H,41,45)/t23-,24-/m1/s1. The number of nitrogens with two attached hydrogens (primary N) is 1. The first-order valence-electron chi connectivity index (χ1n) is 14.4. The van der Waals surface area contributed by atoms with Gasteiger partial charge in [-0.15, -0.1) is 0 Å². The van der Waals surface area contributed by atoms with Gasteiger partial charge in [0.2, 0.25) is 0 Å². The third-order valence-electron chi connectivity index (χ3n) is 8.43. The number of ether oxygens (including phenoxy) is 1. The van der Waals surface area contributed by atoms with Gasteiger partial charge in [0.15, 0.2) is 12.0 Å². The molecule has 2 fully saturated rings. The summed E-state index contributed by atoms with van der Waals surface area (Å²) in [5, 5.41) is 6.60. The maximum Gasteiger partial charge on any atom is 0.411 e. The number of benzene rings is 2. The quantitative estimate of drug-likeness (QED) is 0.247. The highest BCUT2D eigenvalue weighted by molar-refractivity contribution is 6.32. The van der Waals surface area contributed by atoms with E-state index >= 15 is 0 Å². The average molecular weight is 657 g/mol. The molecule has 46 heavy (non-hydrogen) atoms. The largest absolute Gasteiger partial charge is 0.447 e. The number of guanidine groups is 1. The number of halogens is 5. The SMILES string of the molecule is NC1=N[C@H](c2ccc3nc(C4CC4)ccc3c2)C(=O)N1[C@H](COC(=O)NC1(C(F)(F)F)CC1)c1ccc(Cl)c(-n2ncnc2F)c1. The van der Waals surface area contributed by atoms with Crippen molar-refractivity contribution in [1.82, 2.24) is 30.0 Å². The minimum absolute atomic E-state index is 0.0453. The minimum Gasteiger partial charge on any atom is -0.447 e. The van der Waals surface area contributed by atoms with Gasteiger partial charge in [-0.2, -0.15) is 32.3 Å². The molecule has 2 aliphatic carbocycles. The van der Waals surface area contributed by atoms with Crippen LogP contribution >= 0.6 is 11.6 Å². The van der Waals surface area contributed by atoms with E-state index in [1.807, 2.05) is 17.4 Å². The molecule has 0 saturated heterocycles. The van der Waals surface area contributed by atoms with E-state index in [-0.39, 0.29) is 35.1 Å². The molecule has 0 spiro atoms. The Morgan fingerprint density at radius 2 is 1.93 bits per heavy atom. The number of alkyl halides is 3.